The third kappa shape index (κ3) is 3.37. The minimum atomic E-state index is -0.407. The summed E-state index contributed by atoms with van der Waals surface area (Å²) in [7, 11) is 0. The number of para-hydroxylation sites is 1. The van der Waals surface area contributed by atoms with Gasteiger partial charge in [0.15, 0.2) is 17.3 Å². The van der Waals surface area contributed by atoms with Crippen LogP contribution in [-0.2, 0) is 6.42 Å². The summed E-state index contributed by atoms with van der Waals surface area (Å²) in [5, 5.41) is 13.9. The third-order valence-corrected chi connectivity index (χ3v) is 7.50. The van der Waals surface area contributed by atoms with Crippen LogP contribution in [0.3, 0.4) is 0 Å². The van der Waals surface area contributed by atoms with Crippen molar-refractivity contribution in [2.45, 2.75) is 44.2 Å². The standard InChI is InChI=1S/C26H26N6O3/c33-26-19(13-17-14-22-23(15-20(17)27-26)35-12-11-34-22)24(31-10-9-16-5-1-4-8-21(16)31)25-28-29-30-32(25)18-6-2-3-7-18/h1,4-5,8,13-15,18,24H,2-3,6-7,9-12H2,(H,27,33). The van der Waals surface area contributed by atoms with Gasteiger partial charge in [0, 0.05) is 29.2 Å². The number of pyridine rings is 1. The Balaban J connectivity index is 1.42. The molecule has 2 aliphatic heterocycles. The summed E-state index contributed by atoms with van der Waals surface area (Å²) in [4.78, 5) is 19.0. The second-order valence-corrected chi connectivity index (χ2v) is 9.53. The highest BCUT2D eigenvalue weighted by molar-refractivity contribution is 5.83. The lowest BCUT2D eigenvalue weighted by molar-refractivity contribution is 0.172. The van der Waals surface area contributed by atoms with Crippen molar-refractivity contribution < 1.29 is 9.47 Å². The molecule has 3 aliphatic rings. The molecule has 1 saturated carbocycles. The Kier molecular flexibility index (Phi) is 4.75. The lowest BCUT2D eigenvalue weighted by Crippen LogP contribution is -2.34. The average Bonchev–Trinajstić information content (AvgIpc) is 3.65. The minimum Gasteiger partial charge on any atom is -0.486 e. The van der Waals surface area contributed by atoms with E-state index in [1.807, 2.05) is 28.9 Å². The van der Waals surface area contributed by atoms with Gasteiger partial charge in [-0.2, -0.15) is 0 Å². The zero-order chi connectivity index (χ0) is 23.4. The van der Waals surface area contributed by atoms with E-state index < -0.39 is 6.04 Å². The summed E-state index contributed by atoms with van der Waals surface area (Å²) < 4.78 is 13.5. The van der Waals surface area contributed by atoms with Crippen molar-refractivity contribution in [2.24, 2.45) is 0 Å². The van der Waals surface area contributed by atoms with Crippen LogP contribution in [0.1, 0.15) is 54.7 Å². The summed E-state index contributed by atoms with van der Waals surface area (Å²) in [6.45, 7) is 1.80. The SMILES string of the molecule is O=c1[nH]c2cc3c(cc2cc1C(c1nnnn1C1CCCC1)N1CCc2ccccc21)OCCO3. The first-order chi connectivity index (χ1) is 17.3. The molecule has 0 bridgehead atoms. The van der Waals surface area contributed by atoms with Crippen molar-refractivity contribution in [3.8, 4) is 11.5 Å². The molecule has 1 aliphatic carbocycles. The molecule has 0 amide bonds. The van der Waals surface area contributed by atoms with Crippen LogP contribution in [-0.4, -0.2) is 44.9 Å². The molecule has 35 heavy (non-hydrogen) atoms. The highest BCUT2D eigenvalue weighted by Crippen LogP contribution is 2.40. The van der Waals surface area contributed by atoms with Gasteiger partial charge in [0.25, 0.3) is 5.56 Å². The summed E-state index contributed by atoms with van der Waals surface area (Å²) in [5.74, 6) is 2.07. The fourth-order valence-corrected chi connectivity index (χ4v) is 5.83. The fourth-order valence-electron chi connectivity index (χ4n) is 5.83. The van der Waals surface area contributed by atoms with Gasteiger partial charge >= 0.3 is 0 Å². The van der Waals surface area contributed by atoms with Crippen LogP contribution in [0.4, 0.5) is 5.69 Å². The summed E-state index contributed by atoms with van der Waals surface area (Å²) in [6, 6.07) is 14.0. The number of rotatable bonds is 4. The maximum atomic E-state index is 13.6. The molecule has 2 aromatic heterocycles. The van der Waals surface area contributed by atoms with E-state index in [2.05, 4.69) is 43.6 Å². The quantitative estimate of drug-likeness (QED) is 0.487. The number of anilines is 1. The first-order valence-electron chi connectivity index (χ1n) is 12.3. The average molecular weight is 471 g/mol. The van der Waals surface area contributed by atoms with E-state index in [-0.39, 0.29) is 11.6 Å². The smallest absolute Gasteiger partial charge is 0.254 e. The highest BCUT2D eigenvalue weighted by Gasteiger charge is 2.36. The molecule has 0 spiro atoms. The number of fused-ring (bicyclic) bond motifs is 3. The van der Waals surface area contributed by atoms with Gasteiger partial charge in [-0.3, -0.25) is 4.79 Å². The molecule has 1 atom stereocenters. The van der Waals surface area contributed by atoms with Crippen LogP contribution < -0.4 is 19.9 Å². The molecule has 0 radical (unpaired) electrons. The molecule has 1 N–H and O–H groups in total. The van der Waals surface area contributed by atoms with E-state index >= 15 is 0 Å². The number of tetrazole rings is 1. The summed E-state index contributed by atoms with van der Waals surface area (Å²) in [6.07, 6.45) is 5.37. The van der Waals surface area contributed by atoms with Gasteiger partial charge in [-0.05, 0) is 53.5 Å². The monoisotopic (exact) mass is 470 g/mol. The molecule has 7 rings (SSSR count). The Hall–Kier alpha value is -3.88. The Morgan fingerprint density at radius 1 is 1.03 bits per heavy atom. The van der Waals surface area contributed by atoms with E-state index in [0.717, 1.165) is 48.2 Å². The molecule has 1 fully saturated rings. The highest BCUT2D eigenvalue weighted by atomic mass is 16.6. The molecule has 0 saturated heterocycles. The van der Waals surface area contributed by atoms with Gasteiger partial charge in [-0.15, -0.1) is 5.10 Å². The Morgan fingerprint density at radius 2 is 1.83 bits per heavy atom. The number of benzene rings is 2. The number of aromatic amines is 1. The summed E-state index contributed by atoms with van der Waals surface area (Å²) in [5.41, 5.74) is 3.60. The second-order valence-electron chi connectivity index (χ2n) is 9.53. The van der Waals surface area contributed by atoms with Crippen molar-refractivity contribution in [2.75, 3.05) is 24.7 Å². The lowest BCUT2D eigenvalue weighted by atomic mass is 10.0. The van der Waals surface area contributed by atoms with Crippen molar-refractivity contribution in [3.05, 3.63) is 69.8 Å². The first-order valence-corrected chi connectivity index (χ1v) is 12.3. The predicted octanol–water partition coefficient (Wildman–Crippen LogP) is 3.55. The Bertz CT molecular complexity index is 1470. The van der Waals surface area contributed by atoms with Crippen LogP contribution in [0.2, 0.25) is 0 Å². The predicted molar refractivity (Wildman–Crippen MR) is 130 cm³/mol. The largest absolute Gasteiger partial charge is 0.486 e. The number of hydrogen-bond donors (Lipinski definition) is 1. The van der Waals surface area contributed by atoms with Gasteiger partial charge in [-0.25, -0.2) is 4.68 Å². The molecule has 4 aromatic rings. The van der Waals surface area contributed by atoms with Crippen LogP contribution in [0.15, 0.2) is 47.3 Å². The Labute approximate surface area is 201 Å². The molecule has 1 unspecified atom stereocenters. The van der Waals surface area contributed by atoms with Gasteiger partial charge in [0.05, 0.1) is 11.6 Å². The van der Waals surface area contributed by atoms with Gasteiger partial charge in [-0.1, -0.05) is 31.0 Å². The zero-order valence-corrected chi connectivity index (χ0v) is 19.3. The van der Waals surface area contributed by atoms with Crippen molar-refractivity contribution in [3.63, 3.8) is 0 Å². The minimum absolute atomic E-state index is 0.149. The van der Waals surface area contributed by atoms with E-state index in [0.29, 0.717) is 30.3 Å². The van der Waals surface area contributed by atoms with Gasteiger partial charge in [0.2, 0.25) is 0 Å². The summed E-state index contributed by atoms with van der Waals surface area (Å²) >= 11 is 0. The normalized spacial score (nSPS) is 18.2. The maximum absolute atomic E-state index is 13.6. The van der Waals surface area contributed by atoms with Gasteiger partial charge in [0.1, 0.15) is 19.3 Å². The number of H-pyrrole nitrogens is 1. The number of nitrogens with zero attached hydrogens (tertiary/aromatic N) is 5. The lowest BCUT2D eigenvalue weighted by Gasteiger charge is -2.30. The number of ether oxygens (including phenoxy) is 2. The molecule has 2 aromatic carbocycles. The molecule has 4 heterocycles. The molecular formula is C26H26N6O3. The molecule has 9 heteroatoms. The number of hydrogen-bond acceptors (Lipinski definition) is 7. The van der Waals surface area contributed by atoms with E-state index in [9.17, 15) is 4.79 Å². The van der Waals surface area contributed by atoms with Crippen LogP contribution >= 0.6 is 0 Å². The van der Waals surface area contributed by atoms with Crippen molar-refractivity contribution >= 4 is 16.6 Å². The third-order valence-electron chi connectivity index (χ3n) is 7.50. The van der Waals surface area contributed by atoms with Crippen molar-refractivity contribution in [1.29, 1.82) is 0 Å². The van der Waals surface area contributed by atoms with Gasteiger partial charge < -0.3 is 19.4 Å². The molecule has 178 valence electrons. The Morgan fingerprint density at radius 3 is 2.69 bits per heavy atom. The van der Waals surface area contributed by atoms with Crippen LogP contribution in [0.5, 0.6) is 11.5 Å². The second kappa shape index (κ2) is 8.11. The molecular weight excluding hydrogens is 444 g/mol. The van der Waals surface area contributed by atoms with E-state index in [1.54, 1.807) is 0 Å². The number of nitrogens with one attached hydrogen (secondary N) is 1. The number of aromatic nitrogens is 5. The van der Waals surface area contributed by atoms with Crippen molar-refractivity contribution in [1.82, 2.24) is 25.2 Å². The maximum Gasteiger partial charge on any atom is 0.254 e. The first kappa shape index (κ1) is 20.5. The van der Waals surface area contributed by atoms with E-state index in [1.165, 1.54) is 18.4 Å². The topological polar surface area (TPSA) is 98.2 Å². The zero-order valence-electron chi connectivity index (χ0n) is 19.3. The fraction of sp³-hybridized carbons (Fsp3) is 0.385. The van der Waals surface area contributed by atoms with E-state index in [4.69, 9.17) is 9.47 Å². The molecule has 9 nitrogen and oxygen atoms in total. The van der Waals surface area contributed by atoms with Crippen LogP contribution in [0, 0.1) is 0 Å². The van der Waals surface area contributed by atoms with Crippen LogP contribution in [0.25, 0.3) is 10.9 Å².